The van der Waals surface area contributed by atoms with Crippen molar-refractivity contribution in [3.05, 3.63) is 34.9 Å². The molecule has 2 saturated heterocycles. The Bertz CT molecular complexity index is 578. The number of amides is 2. The van der Waals surface area contributed by atoms with Crippen LogP contribution in [0.25, 0.3) is 0 Å². The number of rotatable bonds is 4. The van der Waals surface area contributed by atoms with E-state index in [0.29, 0.717) is 43.6 Å². The third-order valence-electron chi connectivity index (χ3n) is 4.26. The van der Waals surface area contributed by atoms with Crippen LogP contribution in [0.4, 0.5) is 4.79 Å². The van der Waals surface area contributed by atoms with Crippen LogP contribution in [0.1, 0.15) is 12.0 Å². The van der Waals surface area contributed by atoms with Gasteiger partial charge in [-0.15, -0.1) is 0 Å². The van der Waals surface area contributed by atoms with Crippen molar-refractivity contribution in [3.63, 3.8) is 0 Å². The normalized spacial score (nSPS) is 21.3. The molecule has 2 aliphatic heterocycles. The zero-order chi connectivity index (χ0) is 15.5. The standard InChI is InChI=1S/C16H19ClN2O3/c17-14-4-2-1-3-13(14)9-15(20)18-6-5-12(10-18)11-19-7-8-22-16(19)21/h1-4,12H,5-11H2. The van der Waals surface area contributed by atoms with E-state index in [2.05, 4.69) is 0 Å². The molecule has 3 rings (SSSR count). The number of halogens is 1. The van der Waals surface area contributed by atoms with E-state index >= 15 is 0 Å². The van der Waals surface area contributed by atoms with Crippen molar-refractivity contribution in [2.75, 3.05) is 32.8 Å². The summed E-state index contributed by atoms with van der Waals surface area (Å²) in [5.74, 6) is 0.431. The van der Waals surface area contributed by atoms with Gasteiger partial charge in [-0.05, 0) is 24.0 Å². The van der Waals surface area contributed by atoms with Gasteiger partial charge in [0, 0.05) is 24.7 Å². The minimum absolute atomic E-state index is 0.0969. The highest BCUT2D eigenvalue weighted by atomic mass is 35.5. The second kappa shape index (κ2) is 6.57. The first-order valence-electron chi connectivity index (χ1n) is 7.56. The third kappa shape index (κ3) is 3.35. The highest BCUT2D eigenvalue weighted by Gasteiger charge is 2.31. The highest BCUT2D eigenvalue weighted by Crippen LogP contribution is 2.22. The van der Waals surface area contributed by atoms with Crippen molar-refractivity contribution >= 4 is 23.6 Å². The Kier molecular flexibility index (Phi) is 4.52. The van der Waals surface area contributed by atoms with E-state index in [-0.39, 0.29) is 12.0 Å². The first kappa shape index (κ1) is 15.2. The van der Waals surface area contributed by atoms with Gasteiger partial charge in [0.25, 0.3) is 0 Å². The maximum Gasteiger partial charge on any atom is 0.409 e. The van der Waals surface area contributed by atoms with Gasteiger partial charge in [-0.2, -0.15) is 0 Å². The molecule has 1 atom stereocenters. The van der Waals surface area contributed by atoms with Crippen molar-refractivity contribution < 1.29 is 14.3 Å². The molecule has 0 saturated carbocycles. The molecular formula is C16H19ClN2O3. The summed E-state index contributed by atoms with van der Waals surface area (Å²) in [4.78, 5) is 27.4. The number of ether oxygens (including phenoxy) is 1. The van der Waals surface area contributed by atoms with Crippen LogP contribution in [0.2, 0.25) is 5.02 Å². The average Bonchev–Trinajstić information content (AvgIpc) is 3.12. The molecule has 0 aliphatic carbocycles. The third-order valence-corrected chi connectivity index (χ3v) is 4.63. The van der Waals surface area contributed by atoms with Gasteiger partial charge < -0.3 is 14.5 Å². The van der Waals surface area contributed by atoms with E-state index in [1.807, 2.05) is 23.1 Å². The lowest BCUT2D eigenvalue weighted by Gasteiger charge is -2.19. The lowest BCUT2D eigenvalue weighted by molar-refractivity contribution is -0.129. The molecule has 0 bridgehead atoms. The van der Waals surface area contributed by atoms with Gasteiger partial charge in [0.15, 0.2) is 0 Å². The van der Waals surface area contributed by atoms with E-state index in [1.165, 1.54) is 0 Å². The summed E-state index contributed by atoms with van der Waals surface area (Å²) in [7, 11) is 0. The molecule has 2 aliphatic rings. The summed E-state index contributed by atoms with van der Waals surface area (Å²) in [5.41, 5.74) is 0.862. The van der Waals surface area contributed by atoms with Gasteiger partial charge in [-0.3, -0.25) is 4.79 Å². The fourth-order valence-corrected chi connectivity index (χ4v) is 3.23. The van der Waals surface area contributed by atoms with Gasteiger partial charge in [0.2, 0.25) is 5.91 Å². The summed E-state index contributed by atoms with van der Waals surface area (Å²) in [6.07, 6.45) is 1.02. The number of likely N-dealkylation sites (tertiary alicyclic amines) is 1. The number of carbonyl (C=O) groups is 2. The van der Waals surface area contributed by atoms with Crippen LogP contribution in [0.15, 0.2) is 24.3 Å². The molecule has 0 spiro atoms. The molecule has 5 nitrogen and oxygen atoms in total. The molecule has 0 radical (unpaired) electrons. The van der Waals surface area contributed by atoms with Gasteiger partial charge >= 0.3 is 6.09 Å². The molecular weight excluding hydrogens is 304 g/mol. The van der Waals surface area contributed by atoms with Crippen LogP contribution in [-0.4, -0.2) is 54.6 Å². The number of hydrogen-bond donors (Lipinski definition) is 0. The molecule has 2 amide bonds. The lowest BCUT2D eigenvalue weighted by atomic mass is 10.1. The van der Waals surface area contributed by atoms with Crippen molar-refractivity contribution in [2.45, 2.75) is 12.8 Å². The Morgan fingerprint density at radius 2 is 2.14 bits per heavy atom. The summed E-state index contributed by atoms with van der Waals surface area (Å²) < 4.78 is 4.93. The Hall–Kier alpha value is -1.75. The molecule has 22 heavy (non-hydrogen) atoms. The topological polar surface area (TPSA) is 49.9 Å². The molecule has 1 aromatic rings. The van der Waals surface area contributed by atoms with Crippen molar-refractivity contribution in [2.24, 2.45) is 5.92 Å². The summed E-state index contributed by atoms with van der Waals surface area (Å²) in [6.45, 7) is 3.25. The zero-order valence-electron chi connectivity index (χ0n) is 12.3. The predicted molar refractivity (Wildman–Crippen MR) is 82.8 cm³/mol. The van der Waals surface area contributed by atoms with E-state index in [4.69, 9.17) is 16.3 Å². The van der Waals surface area contributed by atoms with Crippen LogP contribution in [0.5, 0.6) is 0 Å². The predicted octanol–water partition coefficient (Wildman–Crippen LogP) is 2.18. The fourth-order valence-electron chi connectivity index (χ4n) is 3.03. The van der Waals surface area contributed by atoms with E-state index < -0.39 is 0 Å². The van der Waals surface area contributed by atoms with E-state index in [1.54, 1.807) is 11.0 Å². The lowest BCUT2D eigenvalue weighted by Crippen LogP contribution is -2.34. The fraction of sp³-hybridized carbons (Fsp3) is 0.500. The van der Waals surface area contributed by atoms with Crippen LogP contribution in [0.3, 0.4) is 0 Å². The molecule has 0 N–H and O–H groups in total. The van der Waals surface area contributed by atoms with Gasteiger partial charge in [-0.1, -0.05) is 29.8 Å². The number of benzene rings is 1. The molecule has 1 aromatic carbocycles. The number of hydrogen-bond acceptors (Lipinski definition) is 3. The zero-order valence-corrected chi connectivity index (χ0v) is 13.1. The maximum absolute atomic E-state index is 12.4. The van der Waals surface area contributed by atoms with E-state index in [0.717, 1.165) is 18.5 Å². The monoisotopic (exact) mass is 322 g/mol. The van der Waals surface area contributed by atoms with Crippen molar-refractivity contribution in [3.8, 4) is 0 Å². The smallest absolute Gasteiger partial charge is 0.409 e. The quantitative estimate of drug-likeness (QED) is 0.853. The Balaban J connectivity index is 1.52. The first-order valence-corrected chi connectivity index (χ1v) is 7.94. The van der Waals surface area contributed by atoms with Crippen LogP contribution >= 0.6 is 11.6 Å². The Labute approximate surface area is 134 Å². The van der Waals surface area contributed by atoms with Gasteiger partial charge in [0.1, 0.15) is 6.61 Å². The van der Waals surface area contributed by atoms with Crippen LogP contribution in [0, 0.1) is 5.92 Å². The van der Waals surface area contributed by atoms with Gasteiger partial charge in [0.05, 0.1) is 13.0 Å². The second-order valence-electron chi connectivity index (χ2n) is 5.82. The molecule has 2 fully saturated rings. The van der Waals surface area contributed by atoms with Crippen LogP contribution in [-0.2, 0) is 16.0 Å². The molecule has 0 aromatic heterocycles. The van der Waals surface area contributed by atoms with Gasteiger partial charge in [-0.25, -0.2) is 4.79 Å². The van der Waals surface area contributed by atoms with Crippen molar-refractivity contribution in [1.29, 1.82) is 0 Å². The minimum atomic E-state index is -0.235. The average molecular weight is 323 g/mol. The molecule has 6 heteroatoms. The summed E-state index contributed by atoms with van der Waals surface area (Å²) in [6, 6.07) is 7.43. The van der Waals surface area contributed by atoms with Crippen molar-refractivity contribution in [1.82, 2.24) is 9.80 Å². The largest absolute Gasteiger partial charge is 0.448 e. The molecule has 1 unspecified atom stereocenters. The summed E-state index contributed by atoms with van der Waals surface area (Å²) >= 11 is 6.10. The molecule has 2 heterocycles. The number of cyclic esters (lactones) is 1. The number of nitrogens with zero attached hydrogens (tertiary/aromatic N) is 2. The number of carbonyl (C=O) groups excluding carboxylic acids is 2. The maximum atomic E-state index is 12.4. The first-order chi connectivity index (χ1) is 10.6. The minimum Gasteiger partial charge on any atom is -0.448 e. The molecule has 118 valence electrons. The van der Waals surface area contributed by atoms with E-state index in [9.17, 15) is 9.59 Å². The Morgan fingerprint density at radius 1 is 1.32 bits per heavy atom. The Morgan fingerprint density at radius 3 is 2.86 bits per heavy atom. The van der Waals surface area contributed by atoms with Crippen LogP contribution < -0.4 is 0 Å². The highest BCUT2D eigenvalue weighted by molar-refractivity contribution is 6.31. The SMILES string of the molecule is O=C(Cc1ccccc1Cl)N1CCC(CN2CCOC2=O)C1. The summed E-state index contributed by atoms with van der Waals surface area (Å²) in [5, 5.41) is 0.631. The second-order valence-corrected chi connectivity index (χ2v) is 6.23.